The predicted octanol–water partition coefficient (Wildman–Crippen LogP) is 3.85. The Kier molecular flexibility index (Phi) is 7.05. The van der Waals surface area contributed by atoms with Crippen molar-refractivity contribution in [3.8, 4) is 23.8 Å². The molecule has 0 aliphatic carbocycles. The van der Waals surface area contributed by atoms with Crippen molar-refractivity contribution in [3.05, 3.63) is 48.3 Å². The molecule has 1 saturated heterocycles. The number of likely N-dealkylation sites (tertiary alicyclic amines) is 1. The summed E-state index contributed by atoms with van der Waals surface area (Å²) in [5, 5.41) is 4.18. The Bertz CT molecular complexity index is 1110. The molecular formula is C25H28N4O3. The van der Waals surface area contributed by atoms with Gasteiger partial charge in [0.1, 0.15) is 12.1 Å². The lowest BCUT2D eigenvalue weighted by atomic mass is 10.2. The van der Waals surface area contributed by atoms with Gasteiger partial charge in [0.2, 0.25) is 0 Å². The Morgan fingerprint density at radius 1 is 1.19 bits per heavy atom. The Labute approximate surface area is 188 Å². The molecule has 1 N–H and O–H groups in total. The molecule has 0 spiro atoms. The van der Waals surface area contributed by atoms with Crippen molar-refractivity contribution in [1.82, 2.24) is 14.9 Å². The zero-order chi connectivity index (χ0) is 22.3. The maximum absolute atomic E-state index is 6.10. The van der Waals surface area contributed by atoms with E-state index in [1.54, 1.807) is 14.2 Å². The average molecular weight is 433 g/mol. The minimum Gasteiger partial charge on any atom is -0.493 e. The fraction of sp³-hybridized carbons (Fsp3) is 0.360. The molecule has 0 amide bonds. The summed E-state index contributed by atoms with van der Waals surface area (Å²) < 4.78 is 17.1. The number of nitrogens with one attached hydrogen (secondary N) is 1. The van der Waals surface area contributed by atoms with E-state index in [4.69, 9.17) is 20.6 Å². The molecule has 1 aliphatic rings. The lowest BCUT2D eigenvalue weighted by Gasteiger charge is -2.17. The van der Waals surface area contributed by atoms with Crippen LogP contribution in [0.3, 0.4) is 0 Å². The zero-order valence-electron chi connectivity index (χ0n) is 18.5. The molecule has 1 atom stereocenters. The summed E-state index contributed by atoms with van der Waals surface area (Å²) in [7, 11) is 3.41. The van der Waals surface area contributed by atoms with E-state index in [-0.39, 0.29) is 0 Å². The molecule has 1 fully saturated rings. The second-order valence-corrected chi connectivity index (χ2v) is 7.74. The summed E-state index contributed by atoms with van der Waals surface area (Å²) in [5.41, 5.74) is 2.43. The van der Waals surface area contributed by atoms with Crippen LogP contribution in [0.5, 0.6) is 11.5 Å². The fourth-order valence-corrected chi connectivity index (χ4v) is 3.92. The van der Waals surface area contributed by atoms with Crippen molar-refractivity contribution in [2.24, 2.45) is 0 Å². The maximum Gasteiger partial charge on any atom is 0.162 e. The second-order valence-electron chi connectivity index (χ2n) is 7.74. The average Bonchev–Trinajstić information content (AvgIpc) is 3.30. The van der Waals surface area contributed by atoms with Gasteiger partial charge in [-0.2, -0.15) is 0 Å². The van der Waals surface area contributed by atoms with Crippen molar-refractivity contribution in [1.29, 1.82) is 0 Å². The van der Waals surface area contributed by atoms with E-state index in [1.165, 1.54) is 6.33 Å². The predicted molar refractivity (Wildman–Crippen MR) is 126 cm³/mol. The van der Waals surface area contributed by atoms with E-state index in [1.807, 2.05) is 36.4 Å². The summed E-state index contributed by atoms with van der Waals surface area (Å²) in [6.07, 6.45) is 9.42. The van der Waals surface area contributed by atoms with Crippen molar-refractivity contribution in [2.75, 3.05) is 45.8 Å². The molecule has 1 aromatic heterocycles. The molecule has 4 rings (SSSR count). The van der Waals surface area contributed by atoms with Crippen LogP contribution in [0.25, 0.3) is 10.9 Å². The van der Waals surface area contributed by atoms with Gasteiger partial charge in [-0.05, 0) is 37.1 Å². The molecule has 0 unspecified atom stereocenters. The number of aromatic nitrogens is 2. The normalized spacial score (nSPS) is 16.1. The first kappa shape index (κ1) is 21.9. The quantitative estimate of drug-likeness (QED) is 0.407. The van der Waals surface area contributed by atoms with Gasteiger partial charge in [-0.1, -0.05) is 12.0 Å². The molecule has 7 heteroatoms. The number of fused-ring (bicyclic) bond motifs is 1. The molecule has 7 nitrogen and oxygen atoms in total. The SMILES string of the molecule is C#Cc1cccc(Nc2ncnc3cc(OC)c(OCCCN4CC[C@@H](OC)C4)cc23)c1. The van der Waals surface area contributed by atoms with Crippen LogP contribution in [0.4, 0.5) is 11.5 Å². The molecule has 0 radical (unpaired) electrons. The number of nitrogens with zero attached hydrogens (tertiary/aromatic N) is 3. The zero-order valence-corrected chi connectivity index (χ0v) is 18.5. The van der Waals surface area contributed by atoms with Gasteiger partial charge >= 0.3 is 0 Å². The highest BCUT2D eigenvalue weighted by atomic mass is 16.5. The molecule has 166 valence electrons. The van der Waals surface area contributed by atoms with Crippen LogP contribution in [0, 0.1) is 12.3 Å². The maximum atomic E-state index is 6.10. The van der Waals surface area contributed by atoms with E-state index in [0.29, 0.717) is 30.0 Å². The minimum absolute atomic E-state index is 0.351. The minimum atomic E-state index is 0.351. The number of benzene rings is 2. The van der Waals surface area contributed by atoms with Crippen LogP contribution in [-0.4, -0.2) is 61.4 Å². The van der Waals surface area contributed by atoms with Gasteiger partial charge in [-0.3, -0.25) is 0 Å². The van der Waals surface area contributed by atoms with Crippen LogP contribution >= 0.6 is 0 Å². The van der Waals surface area contributed by atoms with Gasteiger partial charge in [-0.25, -0.2) is 9.97 Å². The van der Waals surface area contributed by atoms with Crippen LogP contribution in [0.15, 0.2) is 42.7 Å². The molecule has 2 aromatic carbocycles. The van der Waals surface area contributed by atoms with Crippen LogP contribution in [-0.2, 0) is 4.74 Å². The third kappa shape index (κ3) is 5.10. The van der Waals surface area contributed by atoms with Gasteiger partial charge < -0.3 is 24.4 Å². The highest BCUT2D eigenvalue weighted by Crippen LogP contribution is 2.35. The van der Waals surface area contributed by atoms with Gasteiger partial charge in [0.05, 0.1) is 25.3 Å². The number of methoxy groups -OCH3 is 2. The monoisotopic (exact) mass is 432 g/mol. The highest BCUT2D eigenvalue weighted by Gasteiger charge is 2.21. The summed E-state index contributed by atoms with van der Waals surface area (Å²) in [6.45, 7) is 3.64. The summed E-state index contributed by atoms with van der Waals surface area (Å²) >= 11 is 0. The van der Waals surface area contributed by atoms with Gasteiger partial charge in [0.15, 0.2) is 11.5 Å². The molecule has 0 bridgehead atoms. The van der Waals surface area contributed by atoms with Crippen LogP contribution in [0.1, 0.15) is 18.4 Å². The highest BCUT2D eigenvalue weighted by molar-refractivity contribution is 5.93. The number of hydrogen-bond acceptors (Lipinski definition) is 7. The van der Waals surface area contributed by atoms with Crippen molar-refractivity contribution in [3.63, 3.8) is 0 Å². The molecule has 32 heavy (non-hydrogen) atoms. The number of ether oxygens (including phenoxy) is 3. The van der Waals surface area contributed by atoms with Crippen LogP contribution < -0.4 is 14.8 Å². The fourth-order valence-electron chi connectivity index (χ4n) is 3.92. The number of terminal acetylenes is 1. The van der Waals surface area contributed by atoms with E-state index >= 15 is 0 Å². The van der Waals surface area contributed by atoms with Gasteiger partial charge in [-0.15, -0.1) is 6.42 Å². The third-order valence-corrected chi connectivity index (χ3v) is 5.65. The summed E-state index contributed by atoms with van der Waals surface area (Å²) in [6, 6.07) is 11.5. The first-order valence-electron chi connectivity index (χ1n) is 10.7. The largest absolute Gasteiger partial charge is 0.493 e. The van der Waals surface area contributed by atoms with Gasteiger partial charge in [0.25, 0.3) is 0 Å². The lowest BCUT2D eigenvalue weighted by molar-refractivity contribution is 0.107. The number of anilines is 2. The van der Waals surface area contributed by atoms with E-state index in [9.17, 15) is 0 Å². The standard InChI is InChI=1S/C25H28N4O3/c1-4-18-7-5-8-19(13-18)28-25-21-14-24(23(31-3)15-22(21)26-17-27-25)32-12-6-10-29-11-9-20(16-29)30-2/h1,5,7-8,13-15,17,20H,6,9-12,16H2,2-3H3,(H,26,27,28)/t20-/m1/s1. The van der Waals surface area contributed by atoms with E-state index in [2.05, 4.69) is 26.1 Å². The Morgan fingerprint density at radius 3 is 2.88 bits per heavy atom. The van der Waals surface area contributed by atoms with Gasteiger partial charge in [0, 0.05) is 49.4 Å². The smallest absolute Gasteiger partial charge is 0.162 e. The molecule has 0 saturated carbocycles. The van der Waals surface area contributed by atoms with Crippen molar-refractivity contribution < 1.29 is 14.2 Å². The topological polar surface area (TPSA) is 68.7 Å². The van der Waals surface area contributed by atoms with Crippen LogP contribution in [0.2, 0.25) is 0 Å². The first-order valence-corrected chi connectivity index (χ1v) is 10.7. The number of hydrogen-bond donors (Lipinski definition) is 1. The molecule has 3 aromatic rings. The number of rotatable bonds is 9. The first-order chi connectivity index (χ1) is 15.7. The van der Waals surface area contributed by atoms with Crippen molar-refractivity contribution in [2.45, 2.75) is 18.9 Å². The second kappa shape index (κ2) is 10.3. The Hall–Kier alpha value is -3.34. The Balaban J connectivity index is 1.48. The van der Waals surface area contributed by atoms with E-state index < -0.39 is 0 Å². The summed E-state index contributed by atoms with van der Waals surface area (Å²) in [5.74, 6) is 4.65. The Morgan fingerprint density at radius 2 is 2.09 bits per heavy atom. The third-order valence-electron chi connectivity index (χ3n) is 5.65. The molecule has 2 heterocycles. The summed E-state index contributed by atoms with van der Waals surface area (Å²) in [4.78, 5) is 11.2. The van der Waals surface area contributed by atoms with E-state index in [0.717, 1.165) is 54.6 Å². The van der Waals surface area contributed by atoms with Crippen molar-refractivity contribution >= 4 is 22.4 Å². The molecular weight excluding hydrogens is 404 g/mol. The molecule has 1 aliphatic heterocycles. The lowest BCUT2D eigenvalue weighted by Crippen LogP contribution is -2.25.